The molecule has 0 spiro atoms. The fourth-order valence-corrected chi connectivity index (χ4v) is 6.72. The molecule has 32 heavy (non-hydrogen) atoms. The maximum atomic E-state index is 13.3. The number of carbonyl (C=O) groups excluding carboxylic acids is 1. The van der Waals surface area contributed by atoms with Crippen LogP contribution in [0.15, 0.2) is 30.3 Å². The van der Waals surface area contributed by atoms with Crippen molar-refractivity contribution in [2.45, 2.75) is 25.0 Å². The Morgan fingerprint density at radius 3 is 2.91 bits per heavy atom. The Hall–Kier alpha value is -2.10. The van der Waals surface area contributed by atoms with Gasteiger partial charge in [0.2, 0.25) is 0 Å². The molecule has 2 fully saturated rings. The number of hydrogen-bond donors (Lipinski definition) is 2. The predicted octanol–water partition coefficient (Wildman–Crippen LogP) is 3.42. The summed E-state index contributed by atoms with van der Waals surface area (Å²) in [5.74, 6) is 0. The van der Waals surface area contributed by atoms with Gasteiger partial charge in [-0.15, -0.1) is 11.3 Å². The van der Waals surface area contributed by atoms with E-state index in [0.29, 0.717) is 39.5 Å². The van der Waals surface area contributed by atoms with Crippen LogP contribution in [0.4, 0.5) is 9.80 Å². The third-order valence-corrected chi connectivity index (χ3v) is 8.31. The van der Waals surface area contributed by atoms with E-state index in [-0.39, 0.29) is 18.2 Å². The smallest absolute Gasteiger partial charge is 0.336 e. The molecule has 3 aliphatic heterocycles. The van der Waals surface area contributed by atoms with Crippen LogP contribution >= 0.6 is 22.9 Å². The number of rotatable bonds is 1. The molecule has 0 bridgehead atoms. The van der Waals surface area contributed by atoms with Crippen LogP contribution in [0.5, 0.6) is 0 Å². The number of hydrazine groups is 1. The quantitative estimate of drug-likeness (QED) is 0.667. The first-order valence-electron chi connectivity index (χ1n) is 11.2. The van der Waals surface area contributed by atoms with Crippen LogP contribution in [0.3, 0.4) is 0 Å². The average molecular weight is 472 g/mol. The molecule has 4 aliphatic rings. The number of nitrogens with zero attached hydrogens (tertiary/aromatic N) is 3. The lowest BCUT2D eigenvalue weighted by molar-refractivity contribution is 0.0375. The first-order chi connectivity index (χ1) is 15.7. The Morgan fingerprint density at radius 1 is 1.22 bits per heavy atom. The van der Waals surface area contributed by atoms with Crippen molar-refractivity contribution in [3.8, 4) is 0 Å². The summed E-state index contributed by atoms with van der Waals surface area (Å²) >= 11 is 8.49. The Kier molecular flexibility index (Phi) is 5.35. The van der Waals surface area contributed by atoms with Crippen LogP contribution in [-0.4, -0.2) is 61.6 Å². The van der Waals surface area contributed by atoms with Crippen molar-refractivity contribution in [3.05, 3.63) is 56.9 Å². The molecule has 4 heterocycles. The minimum atomic E-state index is -0.110. The van der Waals surface area contributed by atoms with E-state index in [1.54, 1.807) is 5.01 Å². The van der Waals surface area contributed by atoms with E-state index < -0.39 is 0 Å². The number of benzene rings is 1. The molecule has 7 nitrogen and oxygen atoms in total. The monoisotopic (exact) mass is 471 g/mol. The van der Waals surface area contributed by atoms with E-state index in [0.717, 1.165) is 23.4 Å². The number of urea groups is 1. The standard InChI is InChI=1S/C23H26ClN5O2S/c24-17-7-3-1-5-15(17)21-20-16-6-2-4-8-18(16)32-22(20)28-14-26-29(19(28)13-25-21)23(30)27-9-11-31-12-10-27/h1,3-5,7-8,19,21,25-26H,2,6,9-14H2. The summed E-state index contributed by atoms with van der Waals surface area (Å²) in [6.45, 7) is 3.69. The Bertz CT molecular complexity index is 1070. The number of halogens is 1. The summed E-state index contributed by atoms with van der Waals surface area (Å²) < 4.78 is 5.43. The summed E-state index contributed by atoms with van der Waals surface area (Å²) in [6, 6.07) is 8.09. The molecule has 2 aromatic rings. The summed E-state index contributed by atoms with van der Waals surface area (Å²) in [7, 11) is 0. The number of thiophene rings is 1. The highest BCUT2D eigenvalue weighted by Crippen LogP contribution is 2.48. The predicted molar refractivity (Wildman–Crippen MR) is 127 cm³/mol. The number of hydrogen-bond acceptors (Lipinski definition) is 6. The number of amides is 2. The second kappa shape index (κ2) is 8.35. The highest BCUT2D eigenvalue weighted by molar-refractivity contribution is 7.17. The van der Waals surface area contributed by atoms with Crippen LogP contribution in [-0.2, 0) is 11.2 Å². The lowest BCUT2D eigenvalue weighted by Crippen LogP contribution is -2.56. The second-order valence-corrected chi connectivity index (χ2v) is 9.92. The van der Waals surface area contributed by atoms with E-state index in [1.807, 2.05) is 34.4 Å². The minimum Gasteiger partial charge on any atom is -0.378 e. The zero-order valence-electron chi connectivity index (χ0n) is 17.7. The van der Waals surface area contributed by atoms with Gasteiger partial charge in [-0.3, -0.25) is 0 Å². The summed E-state index contributed by atoms with van der Waals surface area (Å²) in [6.07, 6.45) is 6.47. The summed E-state index contributed by atoms with van der Waals surface area (Å²) in [5, 5.41) is 7.56. The molecule has 1 aromatic heterocycles. The highest BCUT2D eigenvalue weighted by Gasteiger charge is 2.43. The van der Waals surface area contributed by atoms with E-state index in [2.05, 4.69) is 33.9 Å². The molecule has 2 N–H and O–H groups in total. The number of allylic oxidation sites excluding steroid dienone is 1. The topological polar surface area (TPSA) is 60.1 Å². The van der Waals surface area contributed by atoms with E-state index in [1.165, 1.54) is 21.0 Å². The first-order valence-corrected chi connectivity index (χ1v) is 12.4. The average Bonchev–Trinajstić information content (AvgIpc) is 3.38. The normalized spacial score (nSPS) is 24.7. The van der Waals surface area contributed by atoms with Crippen LogP contribution in [0.1, 0.15) is 34.0 Å². The van der Waals surface area contributed by atoms with Gasteiger partial charge in [0.05, 0.1) is 30.9 Å². The molecule has 2 unspecified atom stereocenters. The third kappa shape index (κ3) is 3.33. The zero-order chi connectivity index (χ0) is 21.7. The molecule has 9 heteroatoms. The molecule has 168 valence electrons. The van der Waals surface area contributed by atoms with Gasteiger partial charge in [-0.25, -0.2) is 15.2 Å². The second-order valence-electron chi connectivity index (χ2n) is 8.49. The first kappa shape index (κ1) is 20.5. The van der Waals surface area contributed by atoms with Gasteiger partial charge in [0.25, 0.3) is 0 Å². The molecule has 0 radical (unpaired) electrons. The van der Waals surface area contributed by atoms with Crippen LogP contribution in [0, 0.1) is 0 Å². The maximum Gasteiger partial charge on any atom is 0.336 e. The number of carbonyl (C=O) groups is 1. The van der Waals surface area contributed by atoms with Crippen molar-refractivity contribution in [1.29, 1.82) is 0 Å². The number of nitrogens with one attached hydrogen (secondary N) is 2. The number of anilines is 1. The van der Waals surface area contributed by atoms with E-state index in [9.17, 15) is 4.79 Å². The molecule has 0 saturated carbocycles. The Labute approximate surface area is 196 Å². The van der Waals surface area contributed by atoms with E-state index >= 15 is 0 Å². The maximum absolute atomic E-state index is 13.3. The number of fused-ring (bicyclic) bond motifs is 5. The molecule has 2 atom stereocenters. The van der Waals surface area contributed by atoms with Crippen molar-refractivity contribution in [1.82, 2.24) is 20.7 Å². The largest absolute Gasteiger partial charge is 0.378 e. The Morgan fingerprint density at radius 2 is 2.06 bits per heavy atom. The van der Waals surface area contributed by atoms with E-state index in [4.69, 9.17) is 16.3 Å². The van der Waals surface area contributed by atoms with Crippen molar-refractivity contribution in [2.24, 2.45) is 0 Å². The van der Waals surface area contributed by atoms with Gasteiger partial charge < -0.3 is 19.9 Å². The highest BCUT2D eigenvalue weighted by atomic mass is 35.5. The molecule has 6 rings (SSSR count). The van der Waals surface area contributed by atoms with Gasteiger partial charge >= 0.3 is 6.03 Å². The summed E-state index contributed by atoms with van der Waals surface area (Å²) in [4.78, 5) is 18.9. The minimum absolute atomic E-state index is 0.00358. The van der Waals surface area contributed by atoms with Crippen LogP contribution < -0.4 is 15.6 Å². The fraction of sp³-hybridized carbons (Fsp3) is 0.435. The SMILES string of the molecule is O=C(N1CCOCC1)N1NCN2c3sc4c(c3C(c3ccccc3Cl)NCC12)CCC=C4. The van der Waals surface area contributed by atoms with Gasteiger partial charge in [-0.05, 0) is 36.1 Å². The molecule has 2 saturated heterocycles. The van der Waals surface area contributed by atoms with Gasteiger partial charge in [-0.1, -0.05) is 35.9 Å². The van der Waals surface area contributed by atoms with Crippen LogP contribution in [0.25, 0.3) is 6.08 Å². The molecule has 1 aliphatic carbocycles. The zero-order valence-corrected chi connectivity index (χ0v) is 19.3. The lowest BCUT2D eigenvalue weighted by atomic mass is 9.92. The fourth-order valence-electron chi connectivity index (χ4n) is 5.12. The van der Waals surface area contributed by atoms with Crippen LogP contribution in [0.2, 0.25) is 5.02 Å². The van der Waals surface area contributed by atoms with Gasteiger partial charge in [0.1, 0.15) is 6.17 Å². The van der Waals surface area contributed by atoms with Crippen molar-refractivity contribution >= 4 is 40.0 Å². The van der Waals surface area contributed by atoms with Crippen molar-refractivity contribution < 1.29 is 9.53 Å². The van der Waals surface area contributed by atoms with Crippen molar-refractivity contribution in [3.63, 3.8) is 0 Å². The molecular weight excluding hydrogens is 446 g/mol. The molecule has 1 aromatic carbocycles. The van der Waals surface area contributed by atoms with Gasteiger partial charge in [0.15, 0.2) is 0 Å². The third-order valence-electron chi connectivity index (χ3n) is 6.72. The van der Waals surface area contributed by atoms with Gasteiger partial charge in [0, 0.05) is 35.1 Å². The number of morpholine rings is 1. The van der Waals surface area contributed by atoms with Gasteiger partial charge in [-0.2, -0.15) is 0 Å². The molecular formula is C23H26ClN5O2S. The Balaban J connectivity index is 1.40. The van der Waals surface area contributed by atoms with Crippen molar-refractivity contribution in [2.75, 3.05) is 44.4 Å². The molecule has 2 amide bonds. The number of ether oxygens (including phenoxy) is 1. The lowest BCUT2D eigenvalue weighted by Gasteiger charge is -2.34. The summed E-state index contributed by atoms with van der Waals surface area (Å²) in [5.41, 5.74) is 7.17.